The zero-order valence-electron chi connectivity index (χ0n) is 12.9. The Morgan fingerprint density at radius 1 is 0.500 bits per heavy atom. The van der Waals surface area contributed by atoms with Crippen LogP contribution in [0.3, 0.4) is 0 Å². The largest absolute Gasteiger partial charge is 0.265 e. The molecule has 0 N–H and O–H groups in total. The Balaban J connectivity index is 1.93. The molecule has 0 radical (unpaired) electrons. The smallest absolute Gasteiger partial charge is 0.0723 e. The first-order valence-corrected chi connectivity index (χ1v) is 7.64. The van der Waals surface area contributed by atoms with Crippen LogP contribution in [0, 0.1) is 0 Å². The molecule has 0 atom stereocenters. The summed E-state index contributed by atoms with van der Waals surface area (Å²) in [5, 5.41) is 0. The van der Waals surface area contributed by atoms with Crippen LogP contribution in [0.5, 0.6) is 0 Å². The van der Waals surface area contributed by atoms with Gasteiger partial charge in [0.15, 0.2) is 0 Å². The molecule has 4 aromatic heterocycles. The standard InChI is InChI=1S/C20H14N4/c1-2-8-24-20(3-1)19-14-23-12-7-17(19)18-13-22-11-6-16(18)15-4-9-21-10-5-15/h1-14H. The number of pyridine rings is 4. The predicted octanol–water partition coefficient (Wildman–Crippen LogP) is 4.27. The highest BCUT2D eigenvalue weighted by atomic mass is 14.7. The Bertz CT molecular complexity index is 872. The van der Waals surface area contributed by atoms with Gasteiger partial charge in [-0.05, 0) is 53.1 Å². The summed E-state index contributed by atoms with van der Waals surface area (Å²) in [5.41, 5.74) is 6.20. The molecule has 24 heavy (non-hydrogen) atoms. The molecule has 0 saturated carbocycles. The molecule has 114 valence electrons. The van der Waals surface area contributed by atoms with Crippen molar-refractivity contribution >= 4 is 0 Å². The van der Waals surface area contributed by atoms with E-state index in [2.05, 4.69) is 19.9 Å². The fraction of sp³-hybridized carbons (Fsp3) is 0. The van der Waals surface area contributed by atoms with Gasteiger partial charge in [0, 0.05) is 54.5 Å². The van der Waals surface area contributed by atoms with Crippen molar-refractivity contribution in [2.45, 2.75) is 0 Å². The maximum atomic E-state index is 4.47. The van der Waals surface area contributed by atoms with Crippen LogP contribution in [-0.4, -0.2) is 19.9 Å². The topological polar surface area (TPSA) is 51.6 Å². The lowest BCUT2D eigenvalue weighted by molar-refractivity contribution is 1.27. The van der Waals surface area contributed by atoms with E-state index in [0.29, 0.717) is 0 Å². The van der Waals surface area contributed by atoms with Crippen molar-refractivity contribution in [3.8, 4) is 33.5 Å². The van der Waals surface area contributed by atoms with Gasteiger partial charge >= 0.3 is 0 Å². The molecule has 4 heterocycles. The van der Waals surface area contributed by atoms with Gasteiger partial charge in [-0.3, -0.25) is 19.9 Å². The van der Waals surface area contributed by atoms with Crippen LogP contribution in [0.4, 0.5) is 0 Å². The molecule has 0 amide bonds. The molecule has 0 spiro atoms. The Morgan fingerprint density at radius 3 is 1.96 bits per heavy atom. The van der Waals surface area contributed by atoms with Gasteiger partial charge in [-0.1, -0.05) is 6.07 Å². The highest BCUT2D eigenvalue weighted by Crippen LogP contribution is 2.36. The van der Waals surface area contributed by atoms with Gasteiger partial charge < -0.3 is 0 Å². The molecule has 0 aromatic carbocycles. The molecule has 0 aliphatic carbocycles. The Kier molecular flexibility index (Phi) is 3.78. The van der Waals surface area contributed by atoms with E-state index >= 15 is 0 Å². The van der Waals surface area contributed by atoms with E-state index < -0.39 is 0 Å². The number of rotatable bonds is 3. The molecule has 4 nitrogen and oxygen atoms in total. The van der Waals surface area contributed by atoms with Crippen LogP contribution in [0.15, 0.2) is 85.8 Å². The van der Waals surface area contributed by atoms with Gasteiger partial charge in [0.05, 0.1) is 5.69 Å². The molecule has 0 unspecified atom stereocenters. The second kappa shape index (κ2) is 6.38. The van der Waals surface area contributed by atoms with E-state index in [1.54, 1.807) is 31.0 Å². The molecule has 0 saturated heterocycles. The number of hydrogen-bond acceptors (Lipinski definition) is 4. The molecule has 4 heteroatoms. The fourth-order valence-corrected chi connectivity index (χ4v) is 2.75. The summed E-state index contributed by atoms with van der Waals surface area (Å²) in [7, 11) is 0. The van der Waals surface area contributed by atoms with Crippen LogP contribution < -0.4 is 0 Å². The summed E-state index contributed by atoms with van der Waals surface area (Å²) < 4.78 is 0. The van der Waals surface area contributed by atoms with Gasteiger partial charge in [-0.25, -0.2) is 0 Å². The predicted molar refractivity (Wildman–Crippen MR) is 93.9 cm³/mol. The van der Waals surface area contributed by atoms with Crippen molar-refractivity contribution in [2.24, 2.45) is 0 Å². The van der Waals surface area contributed by atoms with Crippen molar-refractivity contribution < 1.29 is 0 Å². The Morgan fingerprint density at radius 2 is 1.21 bits per heavy atom. The van der Waals surface area contributed by atoms with Crippen LogP contribution >= 0.6 is 0 Å². The van der Waals surface area contributed by atoms with Crippen LogP contribution in [0.25, 0.3) is 33.5 Å². The normalized spacial score (nSPS) is 10.5. The van der Waals surface area contributed by atoms with Crippen molar-refractivity contribution in [1.29, 1.82) is 0 Å². The van der Waals surface area contributed by atoms with E-state index in [0.717, 1.165) is 33.5 Å². The Labute approximate surface area is 139 Å². The zero-order chi connectivity index (χ0) is 16.2. The first-order valence-electron chi connectivity index (χ1n) is 7.64. The van der Waals surface area contributed by atoms with Crippen LogP contribution in [-0.2, 0) is 0 Å². The molecule has 4 rings (SSSR count). The lowest BCUT2D eigenvalue weighted by Gasteiger charge is -2.13. The molecule has 0 aliphatic rings. The minimum atomic E-state index is 0.894. The van der Waals surface area contributed by atoms with E-state index in [1.165, 1.54) is 0 Å². The summed E-state index contributed by atoms with van der Waals surface area (Å²) in [6.45, 7) is 0. The van der Waals surface area contributed by atoms with Crippen molar-refractivity contribution in [3.63, 3.8) is 0 Å². The quantitative estimate of drug-likeness (QED) is 0.567. The highest BCUT2D eigenvalue weighted by molar-refractivity contribution is 5.89. The molecule has 0 aliphatic heterocycles. The monoisotopic (exact) mass is 310 g/mol. The minimum Gasteiger partial charge on any atom is -0.265 e. The molecular weight excluding hydrogens is 296 g/mol. The van der Waals surface area contributed by atoms with E-state index in [4.69, 9.17) is 0 Å². The van der Waals surface area contributed by atoms with Crippen molar-refractivity contribution in [1.82, 2.24) is 19.9 Å². The summed E-state index contributed by atoms with van der Waals surface area (Å²) in [6, 6.07) is 13.9. The average molecular weight is 310 g/mol. The third kappa shape index (κ3) is 2.65. The van der Waals surface area contributed by atoms with Gasteiger partial charge in [-0.15, -0.1) is 0 Å². The Hall–Kier alpha value is -3.40. The van der Waals surface area contributed by atoms with Gasteiger partial charge in [0.1, 0.15) is 0 Å². The van der Waals surface area contributed by atoms with Crippen molar-refractivity contribution in [2.75, 3.05) is 0 Å². The molecule has 4 aromatic rings. The molecule has 0 bridgehead atoms. The summed E-state index contributed by atoms with van der Waals surface area (Å²) in [6.07, 6.45) is 12.7. The van der Waals surface area contributed by atoms with Crippen molar-refractivity contribution in [3.05, 3.63) is 85.8 Å². The third-order valence-corrected chi connectivity index (χ3v) is 3.86. The van der Waals surface area contributed by atoms with Crippen LogP contribution in [0.1, 0.15) is 0 Å². The highest BCUT2D eigenvalue weighted by Gasteiger charge is 2.13. The maximum Gasteiger partial charge on any atom is 0.0723 e. The second-order valence-corrected chi connectivity index (χ2v) is 5.29. The number of nitrogens with zero attached hydrogens (tertiary/aromatic N) is 4. The van der Waals surface area contributed by atoms with Gasteiger partial charge in [0.25, 0.3) is 0 Å². The third-order valence-electron chi connectivity index (χ3n) is 3.86. The van der Waals surface area contributed by atoms with E-state index in [1.807, 2.05) is 54.9 Å². The molecular formula is C20H14N4. The zero-order valence-corrected chi connectivity index (χ0v) is 12.9. The second-order valence-electron chi connectivity index (χ2n) is 5.29. The van der Waals surface area contributed by atoms with Gasteiger partial charge in [0.2, 0.25) is 0 Å². The average Bonchev–Trinajstić information content (AvgIpc) is 2.69. The lowest BCUT2D eigenvalue weighted by atomic mass is 9.94. The van der Waals surface area contributed by atoms with E-state index in [9.17, 15) is 0 Å². The number of aromatic nitrogens is 4. The first kappa shape index (κ1) is 14.2. The summed E-state index contributed by atoms with van der Waals surface area (Å²) in [4.78, 5) is 17.2. The fourth-order valence-electron chi connectivity index (χ4n) is 2.75. The maximum absolute atomic E-state index is 4.47. The number of hydrogen-bond donors (Lipinski definition) is 0. The lowest BCUT2D eigenvalue weighted by Crippen LogP contribution is -1.92. The minimum absolute atomic E-state index is 0.894. The molecule has 0 fully saturated rings. The first-order chi connectivity index (χ1) is 11.9. The SMILES string of the molecule is c1ccc(-c2cnccc2-c2cnccc2-c2ccncc2)nc1. The van der Waals surface area contributed by atoms with Gasteiger partial charge in [-0.2, -0.15) is 0 Å². The van der Waals surface area contributed by atoms with Crippen LogP contribution in [0.2, 0.25) is 0 Å². The van der Waals surface area contributed by atoms with E-state index in [-0.39, 0.29) is 0 Å². The summed E-state index contributed by atoms with van der Waals surface area (Å²) in [5.74, 6) is 0. The summed E-state index contributed by atoms with van der Waals surface area (Å²) >= 11 is 0.